The van der Waals surface area contributed by atoms with Gasteiger partial charge in [-0.3, -0.25) is 9.59 Å². The summed E-state index contributed by atoms with van der Waals surface area (Å²) in [7, 11) is 4.33. The number of carbonyl (C=O) groups excluding carboxylic acids is 3. The van der Waals surface area contributed by atoms with Gasteiger partial charge in [-0.05, 0) is 51.0 Å². The third kappa shape index (κ3) is 4.42. The van der Waals surface area contributed by atoms with Crippen LogP contribution in [0, 0.1) is 11.8 Å². The lowest BCUT2D eigenvalue weighted by molar-refractivity contribution is -0.151. The molecule has 35 heavy (non-hydrogen) atoms. The van der Waals surface area contributed by atoms with E-state index in [2.05, 4.69) is 5.32 Å². The molecule has 1 saturated carbocycles. The lowest BCUT2D eigenvalue weighted by atomic mass is 9.69. The zero-order valence-corrected chi connectivity index (χ0v) is 20.9. The first-order chi connectivity index (χ1) is 16.8. The lowest BCUT2D eigenvalue weighted by Gasteiger charge is -2.38. The molecule has 0 saturated heterocycles. The first-order valence-corrected chi connectivity index (χ1v) is 12.1. The van der Waals surface area contributed by atoms with Crippen LogP contribution in [0.15, 0.2) is 40.7 Å². The van der Waals surface area contributed by atoms with Crippen molar-refractivity contribution >= 4 is 17.7 Å². The maximum atomic E-state index is 13.9. The van der Waals surface area contributed by atoms with Crippen LogP contribution in [0.5, 0.6) is 11.5 Å². The fourth-order valence-electron chi connectivity index (χ4n) is 5.62. The molecule has 8 heteroatoms. The summed E-state index contributed by atoms with van der Waals surface area (Å²) < 4.78 is 22.1. The summed E-state index contributed by atoms with van der Waals surface area (Å²) in [5, 5.41) is 3.29. The van der Waals surface area contributed by atoms with Gasteiger partial charge in [0.15, 0.2) is 17.3 Å². The van der Waals surface area contributed by atoms with Gasteiger partial charge in [-0.1, -0.05) is 19.1 Å². The van der Waals surface area contributed by atoms with E-state index in [0.717, 1.165) is 25.7 Å². The Morgan fingerprint density at radius 2 is 1.77 bits per heavy atom. The van der Waals surface area contributed by atoms with Crippen molar-refractivity contribution in [3.63, 3.8) is 0 Å². The molecule has 1 aliphatic heterocycles. The number of allylic oxidation sites excluding steroid dienone is 3. The van der Waals surface area contributed by atoms with Crippen LogP contribution in [-0.4, -0.2) is 45.2 Å². The first-order valence-electron chi connectivity index (χ1n) is 12.1. The van der Waals surface area contributed by atoms with E-state index < -0.39 is 23.8 Å². The summed E-state index contributed by atoms with van der Waals surface area (Å²) >= 11 is 0. The van der Waals surface area contributed by atoms with Crippen LogP contribution in [0.4, 0.5) is 0 Å². The van der Waals surface area contributed by atoms with E-state index in [4.69, 9.17) is 18.9 Å². The highest BCUT2D eigenvalue weighted by atomic mass is 16.5. The molecular weight excluding hydrogens is 450 g/mol. The number of para-hydroxylation sites is 1. The van der Waals surface area contributed by atoms with Crippen molar-refractivity contribution in [3.05, 3.63) is 46.3 Å². The van der Waals surface area contributed by atoms with Gasteiger partial charge in [0.2, 0.25) is 0 Å². The topological polar surface area (TPSA) is 100 Å². The fourth-order valence-corrected chi connectivity index (χ4v) is 5.62. The van der Waals surface area contributed by atoms with Crippen LogP contribution in [0.25, 0.3) is 0 Å². The Morgan fingerprint density at radius 3 is 2.40 bits per heavy atom. The summed E-state index contributed by atoms with van der Waals surface area (Å²) in [6.45, 7) is 3.67. The minimum absolute atomic E-state index is 0.143. The minimum atomic E-state index is -0.954. The Kier molecular flexibility index (Phi) is 7.19. The van der Waals surface area contributed by atoms with Crippen molar-refractivity contribution in [2.24, 2.45) is 11.8 Å². The molecule has 1 fully saturated rings. The summed E-state index contributed by atoms with van der Waals surface area (Å²) in [5.41, 5.74) is 2.64. The first kappa shape index (κ1) is 24.8. The highest BCUT2D eigenvalue weighted by Crippen LogP contribution is 2.49. The predicted octanol–water partition coefficient (Wildman–Crippen LogP) is 3.80. The molecule has 1 heterocycles. The number of hydrogen-bond acceptors (Lipinski definition) is 8. The molecule has 0 unspecified atom stereocenters. The van der Waals surface area contributed by atoms with Gasteiger partial charge >= 0.3 is 11.9 Å². The van der Waals surface area contributed by atoms with Gasteiger partial charge in [-0.25, -0.2) is 4.79 Å². The molecule has 1 aromatic carbocycles. The normalized spacial score (nSPS) is 24.6. The number of rotatable bonds is 6. The minimum Gasteiger partial charge on any atom is -0.493 e. The zero-order chi connectivity index (χ0) is 25.3. The molecular formula is C27H33NO7. The number of benzene rings is 1. The SMILES string of the molecule is COC(=O)[C@H]1C(=O)C2=C(C[C@@H]1C)NC(C)=C(C(=O)OC1CCCC1)[C@@H]2c1cccc(OC)c1OC. The highest BCUT2D eigenvalue weighted by molar-refractivity contribution is 6.12. The second kappa shape index (κ2) is 10.1. The van der Waals surface area contributed by atoms with Gasteiger partial charge < -0.3 is 24.3 Å². The molecule has 188 valence electrons. The van der Waals surface area contributed by atoms with Gasteiger partial charge in [0.1, 0.15) is 12.0 Å². The maximum absolute atomic E-state index is 13.9. The van der Waals surface area contributed by atoms with E-state index in [1.165, 1.54) is 21.3 Å². The van der Waals surface area contributed by atoms with Gasteiger partial charge in [0, 0.05) is 22.5 Å². The number of hydrogen-bond donors (Lipinski definition) is 1. The molecule has 3 aliphatic rings. The highest BCUT2D eigenvalue weighted by Gasteiger charge is 2.48. The standard InChI is InChI=1S/C27H33NO7/c1-14-13-18-23(24(29)20(14)26(30)34-5)22(17-11-8-12-19(32-3)25(17)33-4)21(15(2)28-18)27(31)35-16-9-6-7-10-16/h8,11-12,14,16,20,22,28H,6-7,9-10,13H2,1-5H3/t14-,20+,22-/m0/s1. The molecule has 3 atom stereocenters. The van der Waals surface area contributed by atoms with Crippen LogP contribution < -0.4 is 14.8 Å². The number of methoxy groups -OCH3 is 3. The Morgan fingerprint density at radius 1 is 1.06 bits per heavy atom. The number of dihydropyridines is 1. The Hall–Kier alpha value is -3.29. The van der Waals surface area contributed by atoms with Crippen molar-refractivity contribution in [1.29, 1.82) is 0 Å². The van der Waals surface area contributed by atoms with Gasteiger partial charge in [-0.2, -0.15) is 0 Å². The number of ether oxygens (including phenoxy) is 4. The van der Waals surface area contributed by atoms with Crippen molar-refractivity contribution in [1.82, 2.24) is 5.32 Å². The van der Waals surface area contributed by atoms with E-state index in [-0.39, 0.29) is 17.8 Å². The number of carbonyl (C=O) groups is 3. The molecule has 0 spiro atoms. The van der Waals surface area contributed by atoms with Gasteiger partial charge in [-0.15, -0.1) is 0 Å². The Balaban J connectivity index is 1.88. The molecule has 1 N–H and O–H groups in total. The molecule has 2 aliphatic carbocycles. The van der Waals surface area contributed by atoms with Crippen molar-refractivity contribution in [3.8, 4) is 11.5 Å². The van der Waals surface area contributed by atoms with Gasteiger partial charge in [0.25, 0.3) is 0 Å². The number of esters is 2. The Labute approximate surface area is 205 Å². The molecule has 4 rings (SSSR count). The average molecular weight is 484 g/mol. The van der Waals surface area contributed by atoms with E-state index in [1.807, 2.05) is 19.9 Å². The van der Waals surface area contributed by atoms with E-state index in [1.54, 1.807) is 12.1 Å². The summed E-state index contributed by atoms with van der Waals surface area (Å²) in [5.74, 6) is -2.49. The quantitative estimate of drug-likeness (QED) is 0.482. The molecule has 0 aromatic heterocycles. The van der Waals surface area contributed by atoms with Crippen LogP contribution in [0.3, 0.4) is 0 Å². The smallest absolute Gasteiger partial charge is 0.337 e. The molecule has 0 amide bonds. The Bertz CT molecular complexity index is 1100. The molecule has 0 bridgehead atoms. The van der Waals surface area contributed by atoms with Crippen LogP contribution in [0.1, 0.15) is 57.4 Å². The van der Waals surface area contributed by atoms with E-state index in [9.17, 15) is 14.4 Å². The van der Waals surface area contributed by atoms with Crippen LogP contribution in [-0.2, 0) is 23.9 Å². The van der Waals surface area contributed by atoms with Crippen LogP contribution in [0.2, 0.25) is 0 Å². The maximum Gasteiger partial charge on any atom is 0.337 e. The average Bonchev–Trinajstić information content (AvgIpc) is 3.35. The zero-order valence-electron chi connectivity index (χ0n) is 20.9. The lowest BCUT2D eigenvalue weighted by Crippen LogP contribution is -2.43. The number of ketones is 1. The van der Waals surface area contributed by atoms with Crippen molar-refractivity contribution < 1.29 is 33.3 Å². The summed E-state index contributed by atoms with van der Waals surface area (Å²) in [6.07, 6.45) is 4.02. The van der Waals surface area contributed by atoms with Crippen molar-refractivity contribution in [2.45, 2.75) is 58.0 Å². The molecule has 0 radical (unpaired) electrons. The van der Waals surface area contributed by atoms with Crippen LogP contribution >= 0.6 is 0 Å². The largest absolute Gasteiger partial charge is 0.493 e. The fraction of sp³-hybridized carbons (Fsp3) is 0.519. The molecule has 1 aromatic rings. The second-order valence-electron chi connectivity index (χ2n) is 9.43. The predicted molar refractivity (Wildman–Crippen MR) is 128 cm³/mol. The van der Waals surface area contributed by atoms with Gasteiger partial charge in [0.05, 0.1) is 32.8 Å². The monoisotopic (exact) mass is 483 g/mol. The second-order valence-corrected chi connectivity index (χ2v) is 9.43. The third-order valence-electron chi connectivity index (χ3n) is 7.28. The number of nitrogens with one attached hydrogen (secondary N) is 1. The van der Waals surface area contributed by atoms with E-state index >= 15 is 0 Å². The third-order valence-corrected chi connectivity index (χ3v) is 7.28. The van der Waals surface area contributed by atoms with E-state index in [0.29, 0.717) is 46.0 Å². The summed E-state index contributed by atoms with van der Waals surface area (Å²) in [4.78, 5) is 40.1. The molecule has 8 nitrogen and oxygen atoms in total. The number of Topliss-reactive ketones (excluding diaryl/α,β-unsaturated/α-hetero) is 1. The summed E-state index contributed by atoms with van der Waals surface area (Å²) in [6, 6.07) is 5.37. The van der Waals surface area contributed by atoms with Crippen molar-refractivity contribution in [2.75, 3.05) is 21.3 Å².